The van der Waals surface area contributed by atoms with Crippen LogP contribution in [0, 0.1) is 11.2 Å². The number of rotatable bonds is 6. The highest BCUT2D eigenvalue weighted by molar-refractivity contribution is 5.83. The van der Waals surface area contributed by atoms with Crippen molar-refractivity contribution in [3.63, 3.8) is 0 Å². The van der Waals surface area contributed by atoms with Crippen molar-refractivity contribution >= 4 is 5.91 Å². The van der Waals surface area contributed by atoms with Crippen LogP contribution in [0.25, 0.3) is 0 Å². The molecule has 1 spiro atoms. The maximum absolute atomic E-state index is 13.5. The number of nitrogens with one attached hydrogen (secondary N) is 1. The largest absolute Gasteiger partial charge is 0.493 e. The number of hydrogen-bond donors (Lipinski definition) is 1. The Kier molecular flexibility index (Phi) is 6.23. The molecule has 0 saturated carbocycles. The molecule has 5 nitrogen and oxygen atoms in total. The molecule has 2 fully saturated rings. The molecule has 0 bridgehead atoms. The number of methoxy groups -OCH3 is 1. The van der Waals surface area contributed by atoms with Crippen molar-refractivity contribution in [2.24, 2.45) is 5.41 Å². The van der Waals surface area contributed by atoms with Gasteiger partial charge in [-0.15, -0.1) is 0 Å². The number of carbonyl (C=O) groups is 1. The summed E-state index contributed by atoms with van der Waals surface area (Å²) in [5.74, 6) is 1.32. The van der Waals surface area contributed by atoms with Crippen molar-refractivity contribution in [3.05, 3.63) is 59.4 Å². The third kappa shape index (κ3) is 4.43. The molecule has 0 radical (unpaired) electrons. The molecule has 0 aliphatic carbocycles. The molecule has 2 aliphatic rings. The first-order chi connectivity index (χ1) is 14.6. The number of para-hydroxylation sites is 1. The molecule has 1 amide bonds. The first-order valence-corrected chi connectivity index (χ1v) is 10.6. The molecule has 4 rings (SSSR count). The van der Waals surface area contributed by atoms with E-state index >= 15 is 0 Å². The highest BCUT2D eigenvalue weighted by atomic mass is 19.1. The second-order valence-corrected chi connectivity index (χ2v) is 8.28. The van der Waals surface area contributed by atoms with E-state index < -0.39 is 0 Å². The summed E-state index contributed by atoms with van der Waals surface area (Å²) >= 11 is 0. The molecule has 6 heteroatoms. The molecule has 2 heterocycles. The number of benzene rings is 2. The third-order valence-electron chi connectivity index (χ3n) is 6.36. The molecule has 2 aliphatic heterocycles. The number of carbonyl (C=O) groups excluding carboxylic acids is 1. The van der Waals surface area contributed by atoms with Gasteiger partial charge in [0.05, 0.1) is 12.5 Å². The minimum atomic E-state index is -0.273. The monoisotopic (exact) mass is 412 g/mol. The van der Waals surface area contributed by atoms with Crippen LogP contribution in [0.2, 0.25) is 0 Å². The van der Waals surface area contributed by atoms with Crippen LogP contribution in [-0.4, -0.2) is 37.6 Å². The summed E-state index contributed by atoms with van der Waals surface area (Å²) in [4.78, 5) is 14.8. The van der Waals surface area contributed by atoms with Crippen LogP contribution in [0.15, 0.2) is 42.5 Å². The number of hydrogen-bond acceptors (Lipinski definition) is 4. The molecule has 0 atom stereocenters. The summed E-state index contributed by atoms with van der Waals surface area (Å²) in [6, 6.07) is 12.3. The second kappa shape index (κ2) is 9.04. The highest BCUT2D eigenvalue weighted by Gasteiger charge is 2.42. The topological polar surface area (TPSA) is 50.8 Å². The number of halogens is 1. The van der Waals surface area contributed by atoms with Gasteiger partial charge < -0.3 is 14.8 Å². The van der Waals surface area contributed by atoms with E-state index in [4.69, 9.17) is 9.47 Å². The fourth-order valence-corrected chi connectivity index (χ4v) is 4.58. The average molecular weight is 413 g/mol. The lowest BCUT2D eigenvalue weighted by Crippen LogP contribution is -2.51. The summed E-state index contributed by atoms with van der Waals surface area (Å²) < 4.78 is 25.1. The van der Waals surface area contributed by atoms with Crippen LogP contribution in [-0.2, 0) is 17.9 Å². The van der Waals surface area contributed by atoms with E-state index in [0.29, 0.717) is 11.5 Å². The van der Waals surface area contributed by atoms with Crippen molar-refractivity contribution in [2.45, 2.75) is 38.8 Å². The normalized spacial score (nSPS) is 18.8. The Labute approximate surface area is 177 Å². The van der Waals surface area contributed by atoms with Crippen molar-refractivity contribution in [1.29, 1.82) is 0 Å². The lowest BCUT2D eigenvalue weighted by Gasteiger charge is -2.43. The minimum absolute atomic E-state index is 0.181. The zero-order valence-electron chi connectivity index (χ0n) is 17.5. The van der Waals surface area contributed by atoms with E-state index in [0.717, 1.165) is 63.0 Å². The molecular formula is C24H29FN2O3. The number of nitrogens with zero attached hydrogens (tertiary/aromatic N) is 1. The molecule has 0 aromatic heterocycles. The van der Waals surface area contributed by atoms with Crippen LogP contribution >= 0.6 is 0 Å². The van der Waals surface area contributed by atoms with E-state index in [9.17, 15) is 9.18 Å². The van der Waals surface area contributed by atoms with Crippen LogP contribution in [0.3, 0.4) is 0 Å². The SMILES string of the molecule is COc1cccc(CN2CCC3(CCCNC3=O)CC2)c1OCc1cccc(F)c1. The molecule has 160 valence electrons. The first-order valence-electron chi connectivity index (χ1n) is 10.6. The summed E-state index contributed by atoms with van der Waals surface area (Å²) in [7, 11) is 1.63. The molecule has 0 unspecified atom stereocenters. The van der Waals surface area contributed by atoms with E-state index in [2.05, 4.69) is 10.2 Å². The van der Waals surface area contributed by atoms with Crippen LogP contribution in [0.5, 0.6) is 11.5 Å². The zero-order valence-corrected chi connectivity index (χ0v) is 17.5. The Hall–Kier alpha value is -2.60. The molecule has 2 saturated heterocycles. The molecule has 1 N–H and O–H groups in total. The van der Waals surface area contributed by atoms with Gasteiger partial charge in [-0.1, -0.05) is 24.3 Å². The first kappa shape index (κ1) is 20.7. The van der Waals surface area contributed by atoms with Gasteiger partial charge in [-0.25, -0.2) is 4.39 Å². The van der Waals surface area contributed by atoms with E-state index in [1.54, 1.807) is 13.2 Å². The molecular weight excluding hydrogens is 383 g/mol. The fourth-order valence-electron chi connectivity index (χ4n) is 4.58. The van der Waals surface area contributed by atoms with E-state index in [1.165, 1.54) is 12.1 Å². The number of ether oxygens (including phenoxy) is 2. The minimum Gasteiger partial charge on any atom is -0.493 e. The van der Waals surface area contributed by atoms with Crippen LogP contribution in [0.1, 0.15) is 36.8 Å². The maximum atomic E-state index is 13.5. The molecule has 30 heavy (non-hydrogen) atoms. The van der Waals surface area contributed by atoms with Gasteiger partial charge in [0.25, 0.3) is 0 Å². The third-order valence-corrected chi connectivity index (χ3v) is 6.36. The standard InChI is InChI=1S/C24H29FN2O3/c1-29-21-8-3-6-19(22(21)30-17-18-5-2-7-20(25)15-18)16-27-13-10-24(11-14-27)9-4-12-26-23(24)28/h2-3,5-8,15H,4,9-14,16-17H2,1H3,(H,26,28). The molecule has 2 aromatic rings. The van der Waals surface area contributed by atoms with Gasteiger partial charge in [0.1, 0.15) is 12.4 Å². The second-order valence-electron chi connectivity index (χ2n) is 8.28. The van der Waals surface area contributed by atoms with Crippen molar-refractivity contribution in [1.82, 2.24) is 10.2 Å². The van der Waals surface area contributed by atoms with Gasteiger partial charge in [0.15, 0.2) is 11.5 Å². The zero-order chi connectivity index (χ0) is 21.0. The number of amides is 1. The smallest absolute Gasteiger partial charge is 0.226 e. The van der Waals surface area contributed by atoms with Gasteiger partial charge in [0, 0.05) is 18.7 Å². The van der Waals surface area contributed by atoms with Crippen LogP contribution < -0.4 is 14.8 Å². The average Bonchev–Trinajstić information content (AvgIpc) is 2.76. The summed E-state index contributed by atoms with van der Waals surface area (Å²) in [5, 5.41) is 3.05. The van der Waals surface area contributed by atoms with E-state index in [1.807, 2.05) is 24.3 Å². The predicted octanol–water partition coefficient (Wildman–Crippen LogP) is 3.91. The van der Waals surface area contributed by atoms with Gasteiger partial charge in [-0.3, -0.25) is 9.69 Å². The Morgan fingerprint density at radius 3 is 2.67 bits per heavy atom. The van der Waals surface area contributed by atoms with E-state index in [-0.39, 0.29) is 23.7 Å². The van der Waals surface area contributed by atoms with Gasteiger partial charge in [0.2, 0.25) is 5.91 Å². The Morgan fingerprint density at radius 1 is 1.13 bits per heavy atom. The molecule has 2 aromatic carbocycles. The fraction of sp³-hybridized carbons (Fsp3) is 0.458. The summed E-state index contributed by atoms with van der Waals surface area (Å²) in [5.41, 5.74) is 1.63. The quantitative estimate of drug-likeness (QED) is 0.782. The highest BCUT2D eigenvalue weighted by Crippen LogP contribution is 2.39. The Bertz CT molecular complexity index is 894. The van der Waals surface area contributed by atoms with Crippen molar-refractivity contribution < 1.29 is 18.7 Å². The van der Waals surface area contributed by atoms with Gasteiger partial charge >= 0.3 is 0 Å². The van der Waals surface area contributed by atoms with Gasteiger partial charge in [-0.05, 0) is 62.5 Å². The number of likely N-dealkylation sites (tertiary alicyclic amines) is 1. The Morgan fingerprint density at radius 2 is 1.93 bits per heavy atom. The van der Waals surface area contributed by atoms with Crippen molar-refractivity contribution in [2.75, 3.05) is 26.7 Å². The van der Waals surface area contributed by atoms with Crippen molar-refractivity contribution in [3.8, 4) is 11.5 Å². The lowest BCUT2D eigenvalue weighted by atomic mass is 9.72. The summed E-state index contributed by atoms with van der Waals surface area (Å²) in [6.45, 7) is 3.57. The number of piperidine rings is 2. The lowest BCUT2D eigenvalue weighted by molar-refractivity contribution is -0.136. The Balaban J connectivity index is 1.44. The maximum Gasteiger partial charge on any atom is 0.226 e. The van der Waals surface area contributed by atoms with Crippen LogP contribution in [0.4, 0.5) is 4.39 Å². The summed E-state index contributed by atoms with van der Waals surface area (Å²) in [6.07, 6.45) is 3.85. The van der Waals surface area contributed by atoms with Gasteiger partial charge in [-0.2, -0.15) is 0 Å². The predicted molar refractivity (Wildman–Crippen MR) is 113 cm³/mol.